The van der Waals surface area contributed by atoms with Crippen LogP contribution in [-0.2, 0) is 0 Å². The summed E-state index contributed by atoms with van der Waals surface area (Å²) in [7, 11) is 0. The van der Waals surface area contributed by atoms with Gasteiger partial charge >= 0.3 is 11.7 Å². The molecule has 2 aromatic carbocycles. The van der Waals surface area contributed by atoms with Crippen LogP contribution in [0.25, 0.3) is 11.0 Å². The van der Waals surface area contributed by atoms with Crippen LogP contribution in [-0.4, -0.2) is 16.0 Å². The molecule has 0 radical (unpaired) electrons. The highest BCUT2D eigenvalue weighted by molar-refractivity contribution is 5.92. The van der Waals surface area contributed by atoms with Crippen molar-refractivity contribution >= 4 is 22.8 Å². The first kappa shape index (κ1) is 13.9. The Morgan fingerprint density at radius 2 is 1.77 bits per heavy atom. The third-order valence-corrected chi connectivity index (χ3v) is 3.42. The molecule has 0 fully saturated rings. The van der Waals surface area contributed by atoms with Gasteiger partial charge in [0.25, 0.3) is 0 Å². The predicted molar refractivity (Wildman–Crippen MR) is 85.9 cm³/mol. The van der Waals surface area contributed by atoms with Gasteiger partial charge in [-0.05, 0) is 30.7 Å². The maximum absolute atomic E-state index is 12.0. The molecule has 1 aromatic heterocycles. The number of hydrogen-bond acceptors (Lipinski definition) is 2. The monoisotopic (exact) mass is 296 g/mol. The Morgan fingerprint density at radius 3 is 2.55 bits per heavy atom. The number of rotatable bonds is 3. The van der Waals surface area contributed by atoms with Crippen molar-refractivity contribution in [3.8, 4) is 0 Å². The molecule has 0 saturated heterocycles. The van der Waals surface area contributed by atoms with E-state index in [9.17, 15) is 9.59 Å². The van der Waals surface area contributed by atoms with E-state index >= 15 is 0 Å². The van der Waals surface area contributed by atoms with Crippen LogP contribution in [0, 0.1) is 0 Å². The van der Waals surface area contributed by atoms with E-state index in [0.717, 1.165) is 5.56 Å². The maximum Gasteiger partial charge on any atom is 0.323 e. The Balaban J connectivity index is 1.69. The number of carbonyl (C=O) groups excluding carboxylic acids is 1. The number of anilines is 1. The number of hydrogen-bond donors (Lipinski definition) is 4. The Morgan fingerprint density at radius 1 is 1.05 bits per heavy atom. The summed E-state index contributed by atoms with van der Waals surface area (Å²) in [6, 6.07) is 14.5. The first-order valence-electron chi connectivity index (χ1n) is 6.96. The fourth-order valence-corrected chi connectivity index (χ4v) is 2.30. The van der Waals surface area contributed by atoms with Crippen LogP contribution in [0.3, 0.4) is 0 Å². The van der Waals surface area contributed by atoms with Gasteiger partial charge in [0, 0.05) is 5.69 Å². The zero-order chi connectivity index (χ0) is 15.5. The number of benzene rings is 2. The van der Waals surface area contributed by atoms with Crippen LogP contribution < -0.4 is 16.3 Å². The van der Waals surface area contributed by atoms with Crippen LogP contribution in [0.5, 0.6) is 0 Å². The van der Waals surface area contributed by atoms with E-state index in [1.165, 1.54) is 0 Å². The standard InChI is InChI=1S/C16H16N4O2/c1-10(11-5-3-2-4-6-11)17-15(21)18-12-7-8-13-14(9-12)20-16(22)19-13/h2-10H,1H3,(H2,17,18,21)(H2,19,20,22)/t10-/m1/s1. The second-order valence-electron chi connectivity index (χ2n) is 5.07. The Bertz CT molecular complexity index is 851. The number of H-pyrrole nitrogens is 2. The first-order chi connectivity index (χ1) is 10.6. The molecule has 112 valence electrons. The molecular weight excluding hydrogens is 280 g/mol. The topological polar surface area (TPSA) is 89.8 Å². The minimum atomic E-state index is -0.298. The lowest BCUT2D eigenvalue weighted by molar-refractivity contribution is 0.249. The van der Waals surface area contributed by atoms with Crippen molar-refractivity contribution in [1.82, 2.24) is 15.3 Å². The van der Waals surface area contributed by atoms with Crippen LogP contribution >= 0.6 is 0 Å². The van der Waals surface area contributed by atoms with Crippen LogP contribution in [0.4, 0.5) is 10.5 Å². The molecule has 22 heavy (non-hydrogen) atoms. The third-order valence-electron chi connectivity index (χ3n) is 3.42. The van der Waals surface area contributed by atoms with Crippen LogP contribution in [0.15, 0.2) is 53.3 Å². The quantitative estimate of drug-likeness (QED) is 0.598. The van der Waals surface area contributed by atoms with E-state index in [1.807, 2.05) is 37.3 Å². The molecule has 0 aliphatic carbocycles. The second kappa shape index (κ2) is 5.77. The summed E-state index contributed by atoms with van der Waals surface area (Å²) in [6.07, 6.45) is 0. The van der Waals surface area contributed by atoms with Crippen LogP contribution in [0.1, 0.15) is 18.5 Å². The van der Waals surface area contributed by atoms with Gasteiger partial charge in [0.15, 0.2) is 0 Å². The zero-order valence-electron chi connectivity index (χ0n) is 12.0. The van der Waals surface area contributed by atoms with Gasteiger partial charge in [-0.1, -0.05) is 30.3 Å². The van der Waals surface area contributed by atoms with Crippen molar-refractivity contribution in [2.75, 3.05) is 5.32 Å². The van der Waals surface area contributed by atoms with Gasteiger partial charge < -0.3 is 20.6 Å². The van der Waals surface area contributed by atoms with Crippen molar-refractivity contribution in [3.63, 3.8) is 0 Å². The summed E-state index contributed by atoms with van der Waals surface area (Å²) in [5.41, 5.74) is 2.73. The minimum absolute atomic E-state index is 0.100. The lowest BCUT2D eigenvalue weighted by Gasteiger charge is -2.15. The van der Waals surface area contributed by atoms with Gasteiger partial charge in [0.05, 0.1) is 17.1 Å². The molecule has 1 heterocycles. The molecule has 1 atom stereocenters. The van der Waals surface area contributed by atoms with E-state index in [1.54, 1.807) is 18.2 Å². The molecular formula is C16H16N4O2. The lowest BCUT2D eigenvalue weighted by atomic mass is 10.1. The van der Waals surface area contributed by atoms with E-state index in [2.05, 4.69) is 20.6 Å². The number of nitrogens with one attached hydrogen (secondary N) is 4. The number of aromatic nitrogens is 2. The highest BCUT2D eigenvalue weighted by Crippen LogP contribution is 2.15. The molecule has 6 heteroatoms. The van der Waals surface area contributed by atoms with Crippen molar-refractivity contribution < 1.29 is 4.79 Å². The van der Waals surface area contributed by atoms with Gasteiger partial charge in [0.1, 0.15) is 0 Å². The van der Waals surface area contributed by atoms with Gasteiger partial charge in [-0.15, -0.1) is 0 Å². The van der Waals surface area contributed by atoms with Gasteiger partial charge in [-0.2, -0.15) is 0 Å². The Hall–Kier alpha value is -3.02. The van der Waals surface area contributed by atoms with Gasteiger partial charge in [0.2, 0.25) is 0 Å². The van der Waals surface area contributed by atoms with Crippen molar-refractivity contribution in [3.05, 3.63) is 64.6 Å². The molecule has 0 bridgehead atoms. The molecule has 2 amide bonds. The van der Waals surface area contributed by atoms with Gasteiger partial charge in [-0.25, -0.2) is 9.59 Å². The molecule has 3 rings (SSSR count). The van der Waals surface area contributed by atoms with Crippen LogP contribution in [0.2, 0.25) is 0 Å². The second-order valence-corrected chi connectivity index (χ2v) is 5.07. The fraction of sp³-hybridized carbons (Fsp3) is 0.125. The summed E-state index contributed by atoms with van der Waals surface area (Å²) in [6.45, 7) is 1.92. The number of carbonyl (C=O) groups is 1. The zero-order valence-corrected chi connectivity index (χ0v) is 12.0. The Labute approximate surface area is 126 Å². The lowest BCUT2D eigenvalue weighted by Crippen LogP contribution is -2.31. The normalized spacial score (nSPS) is 12.0. The summed E-state index contributed by atoms with van der Waals surface area (Å²) in [5, 5.41) is 5.63. The SMILES string of the molecule is C[C@@H](NC(=O)Nc1ccc2[nH]c(=O)[nH]c2c1)c1ccccc1. The first-order valence-corrected chi connectivity index (χ1v) is 6.96. The molecule has 0 aliphatic heterocycles. The largest absolute Gasteiger partial charge is 0.331 e. The minimum Gasteiger partial charge on any atom is -0.331 e. The molecule has 0 saturated carbocycles. The number of imidazole rings is 1. The molecule has 0 aliphatic rings. The van der Waals surface area contributed by atoms with Crippen molar-refractivity contribution in [1.29, 1.82) is 0 Å². The summed E-state index contributed by atoms with van der Waals surface area (Å²) < 4.78 is 0. The van der Waals surface area contributed by atoms with E-state index in [0.29, 0.717) is 16.7 Å². The highest BCUT2D eigenvalue weighted by Gasteiger charge is 2.09. The summed E-state index contributed by atoms with van der Waals surface area (Å²) in [5.74, 6) is 0. The molecule has 0 unspecified atom stereocenters. The number of urea groups is 1. The summed E-state index contributed by atoms with van der Waals surface area (Å²) >= 11 is 0. The smallest absolute Gasteiger partial charge is 0.323 e. The highest BCUT2D eigenvalue weighted by atomic mass is 16.2. The maximum atomic E-state index is 12.0. The molecule has 4 N–H and O–H groups in total. The third kappa shape index (κ3) is 3.01. The molecule has 6 nitrogen and oxygen atoms in total. The Kier molecular flexibility index (Phi) is 3.65. The fourth-order valence-electron chi connectivity index (χ4n) is 2.30. The molecule has 0 spiro atoms. The summed E-state index contributed by atoms with van der Waals surface area (Å²) in [4.78, 5) is 28.6. The number of aromatic amines is 2. The number of amides is 2. The van der Waals surface area contributed by atoms with E-state index < -0.39 is 0 Å². The predicted octanol–water partition coefficient (Wildman–Crippen LogP) is 2.74. The molecule has 3 aromatic rings. The van der Waals surface area contributed by atoms with E-state index in [-0.39, 0.29) is 17.8 Å². The van der Waals surface area contributed by atoms with Crippen molar-refractivity contribution in [2.45, 2.75) is 13.0 Å². The average Bonchev–Trinajstić information content (AvgIpc) is 2.87. The van der Waals surface area contributed by atoms with Gasteiger partial charge in [-0.3, -0.25) is 0 Å². The number of fused-ring (bicyclic) bond motifs is 1. The average molecular weight is 296 g/mol. The van der Waals surface area contributed by atoms with Crippen molar-refractivity contribution in [2.24, 2.45) is 0 Å². The van der Waals surface area contributed by atoms with E-state index in [4.69, 9.17) is 0 Å².